The molecule has 100 valence electrons. The Labute approximate surface area is 107 Å². The average Bonchev–Trinajstić information content (AvgIpc) is 3.11. The van der Waals surface area contributed by atoms with Crippen molar-refractivity contribution in [3.8, 4) is 0 Å². The molecule has 1 fully saturated rings. The van der Waals surface area contributed by atoms with Gasteiger partial charge in [0.25, 0.3) is 0 Å². The highest BCUT2D eigenvalue weighted by molar-refractivity contribution is 7.89. The lowest BCUT2D eigenvalue weighted by molar-refractivity contribution is 0.213. The second kappa shape index (κ2) is 4.53. The van der Waals surface area contributed by atoms with Crippen molar-refractivity contribution in [2.45, 2.75) is 24.7 Å². The summed E-state index contributed by atoms with van der Waals surface area (Å²) < 4.78 is 26.8. The minimum absolute atomic E-state index is 0.0193. The Morgan fingerprint density at radius 1 is 1.44 bits per heavy atom. The van der Waals surface area contributed by atoms with Gasteiger partial charge in [0, 0.05) is 24.3 Å². The molecule has 0 spiro atoms. The number of sulfonamides is 1. The van der Waals surface area contributed by atoms with Gasteiger partial charge >= 0.3 is 0 Å². The molecule has 0 heterocycles. The summed E-state index contributed by atoms with van der Waals surface area (Å²) in [7, 11) is -3.56. The molecule has 1 aromatic carbocycles. The molecule has 1 aromatic rings. The number of nitrogens with one attached hydrogen (secondary N) is 1. The van der Waals surface area contributed by atoms with E-state index in [2.05, 4.69) is 4.72 Å². The van der Waals surface area contributed by atoms with Crippen LogP contribution >= 0.6 is 0 Å². The zero-order valence-corrected chi connectivity index (χ0v) is 11.1. The summed E-state index contributed by atoms with van der Waals surface area (Å²) in [5.41, 5.74) is 6.44. The maximum atomic E-state index is 12.1. The van der Waals surface area contributed by atoms with Crippen molar-refractivity contribution < 1.29 is 13.5 Å². The molecule has 1 aliphatic carbocycles. The number of nitrogens with two attached hydrogens (primary N) is 1. The molecule has 0 bridgehead atoms. The van der Waals surface area contributed by atoms with Crippen LogP contribution in [0.25, 0.3) is 0 Å². The SMILES string of the molecule is Cc1ccc(N)cc1S(=O)(=O)NCC1(CO)CC1. The second-order valence-electron chi connectivity index (χ2n) is 5.01. The lowest BCUT2D eigenvalue weighted by Gasteiger charge is -2.14. The summed E-state index contributed by atoms with van der Waals surface area (Å²) in [5, 5.41) is 9.17. The minimum Gasteiger partial charge on any atom is -0.399 e. The molecule has 0 unspecified atom stereocenters. The van der Waals surface area contributed by atoms with Crippen molar-refractivity contribution in [3.63, 3.8) is 0 Å². The van der Waals surface area contributed by atoms with Crippen LogP contribution in [0.5, 0.6) is 0 Å². The van der Waals surface area contributed by atoms with Crippen LogP contribution in [0.1, 0.15) is 18.4 Å². The molecule has 2 rings (SSSR count). The number of rotatable bonds is 5. The third kappa shape index (κ3) is 2.66. The van der Waals surface area contributed by atoms with Gasteiger partial charge in [-0.1, -0.05) is 6.07 Å². The van der Waals surface area contributed by atoms with E-state index in [1.165, 1.54) is 6.07 Å². The highest BCUT2D eigenvalue weighted by Crippen LogP contribution is 2.44. The lowest BCUT2D eigenvalue weighted by Crippen LogP contribution is -2.32. The molecule has 0 aromatic heterocycles. The molecule has 6 heteroatoms. The van der Waals surface area contributed by atoms with Crippen molar-refractivity contribution in [2.24, 2.45) is 5.41 Å². The Morgan fingerprint density at radius 2 is 2.11 bits per heavy atom. The Bertz CT molecular complexity index is 550. The summed E-state index contributed by atoms with van der Waals surface area (Å²) in [6.45, 7) is 2.03. The van der Waals surface area contributed by atoms with Gasteiger partial charge in [-0.2, -0.15) is 0 Å². The Kier molecular flexibility index (Phi) is 3.35. The molecular formula is C12H18N2O3S. The summed E-state index contributed by atoms with van der Waals surface area (Å²) >= 11 is 0. The Hall–Kier alpha value is -1.11. The van der Waals surface area contributed by atoms with Gasteiger partial charge in [0.05, 0.1) is 4.90 Å². The van der Waals surface area contributed by atoms with Crippen LogP contribution < -0.4 is 10.5 Å². The molecule has 4 N–H and O–H groups in total. The fourth-order valence-electron chi connectivity index (χ4n) is 1.80. The van der Waals surface area contributed by atoms with Gasteiger partial charge in [-0.05, 0) is 37.5 Å². The zero-order valence-electron chi connectivity index (χ0n) is 10.3. The first-order valence-corrected chi connectivity index (χ1v) is 7.34. The predicted molar refractivity (Wildman–Crippen MR) is 69.5 cm³/mol. The topological polar surface area (TPSA) is 92.4 Å². The monoisotopic (exact) mass is 270 g/mol. The normalized spacial score (nSPS) is 17.7. The lowest BCUT2D eigenvalue weighted by atomic mass is 10.1. The van der Waals surface area contributed by atoms with Crippen molar-refractivity contribution in [1.29, 1.82) is 0 Å². The molecule has 1 aliphatic rings. The third-order valence-electron chi connectivity index (χ3n) is 3.43. The van der Waals surface area contributed by atoms with Crippen LogP contribution in [0.4, 0.5) is 5.69 Å². The maximum Gasteiger partial charge on any atom is 0.240 e. The summed E-state index contributed by atoms with van der Waals surface area (Å²) in [6.07, 6.45) is 1.73. The van der Waals surface area contributed by atoms with Crippen molar-refractivity contribution in [1.82, 2.24) is 4.72 Å². The first-order chi connectivity index (χ1) is 8.38. The fourth-order valence-corrected chi connectivity index (χ4v) is 3.23. The predicted octanol–water partition coefficient (Wildman–Crippen LogP) is 0.628. The molecule has 0 saturated heterocycles. The van der Waals surface area contributed by atoms with E-state index < -0.39 is 10.0 Å². The van der Waals surface area contributed by atoms with E-state index in [9.17, 15) is 8.42 Å². The summed E-state index contributed by atoms with van der Waals surface area (Å²) in [6, 6.07) is 4.81. The average molecular weight is 270 g/mol. The van der Waals surface area contributed by atoms with E-state index in [1.54, 1.807) is 19.1 Å². The molecular weight excluding hydrogens is 252 g/mol. The molecule has 0 aliphatic heterocycles. The molecule has 0 amide bonds. The van der Waals surface area contributed by atoms with E-state index in [0.29, 0.717) is 11.3 Å². The van der Waals surface area contributed by atoms with Crippen LogP contribution in [0.3, 0.4) is 0 Å². The Morgan fingerprint density at radius 3 is 2.67 bits per heavy atom. The minimum atomic E-state index is -3.56. The quantitative estimate of drug-likeness (QED) is 0.684. The largest absolute Gasteiger partial charge is 0.399 e. The van der Waals surface area contributed by atoms with Gasteiger partial charge in [-0.15, -0.1) is 0 Å². The van der Waals surface area contributed by atoms with E-state index >= 15 is 0 Å². The summed E-state index contributed by atoms with van der Waals surface area (Å²) in [5.74, 6) is 0. The zero-order chi connectivity index (χ0) is 13.4. The van der Waals surface area contributed by atoms with Gasteiger partial charge in [-0.25, -0.2) is 13.1 Å². The van der Waals surface area contributed by atoms with Gasteiger partial charge in [0.1, 0.15) is 0 Å². The third-order valence-corrected chi connectivity index (χ3v) is 4.97. The molecule has 0 atom stereocenters. The molecule has 5 nitrogen and oxygen atoms in total. The van der Waals surface area contributed by atoms with Crippen LogP contribution in [0.15, 0.2) is 23.1 Å². The van der Waals surface area contributed by atoms with Crippen molar-refractivity contribution in [3.05, 3.63) is 23.8 Å². The first kappa shape index (κ1) is 13.3. The van der Waals surface area contributed by atoms with E-state index in [1.807, 2.05) is 0 Å². The standard InChI is InChI=1S/C12H18N2O3S/c1-9-2-3-10(13)6-11(9)18(16,17)14-7-12(8-15)4-5-12/h2-3,6,14-15H,4-5,7-8,13H2,1H3. The smallest absolute Gasteiger partial charge is 0.240 e. The number of aliphatic hydroxyl groups is 1. The van der Waals surface area contributed by atoms with Gasteiger partial charge in [-0.3, -0.25) is 0 Å². The van der Waals surface area contributed by atoms with E-state index in [-0.39, 0.29) is 23.5 Å². The number of hydrogen-bond acceptors (Lipinski definition) is 4. The highest BCUT2D eigenvalue weighted by atomic mass is 32.2. The van der Waals surface area contributed by atoms with Crippen LogP contribution in [-0.2, 0) is 10.0 Å². The molecule has 18 heavy (non-hydrogen) atoms. The van der Waals surface area contributed by atoms with Gasteiger partial charge in [0.2, 0.25) is 10.0 Å². The summed E-state index contributed by atoms with van der Waals surface area (Å²) in [4.78, 5) is 0.205. The van der Waals surface area contributed by atoms with Crippen LogP contribution in [0, 0.1) is 12.3 Å². The molecule has 0 radical (unpaired) electrons. The highest BCUT2D eigenvalue weighted by Gasteiger charge is 2.42. The van der Waals surface area contributed by atoms with Crippen LogP contribution in [-0.4, -0.2) is 26.7 Å². The number of hydrogen-bond donors (Lipinski definition) is 3. The van der Waals surface area contributed by atoms with Gasteiger partial charge < -0.3 is 10.8 Å². The van der Waals surface area contributed by atoms with Crippen LogP contribution in [0.2, 0.25) is 0 Å². The first-order valence-electron chi connectivity index (χ1n) is 5.85. The number of nitrogen functional groups attached to an aromatic ring is 1. The van der Waals surface area contributed by atoms with Crippen molar-refractivity contribution in [2.75, 3.05) is 18.9 Å². The maximum absolute atomic E-state index is 12.1. The number of aryl methyl sites for hydroxylation is 1. The number of aliphatic hydroxyl groups excluding tert-OH is 1. The Balaban J connectivity index is 2.18. The molecule has 1 saturated carbocycles. The van der Waals surface area contributed by atoms with E-state index in [0.717, 1.165) is 12.8 Å². The van der Waals surface area contributed by atoms with Crippen molar-refractivity contribution >= 4 is 15.7 Å². The van der Waals surface area contributed by atoms with Gasteiger partial charge in [0.15, 0.2) is 0 Å². The second-order valence-corrected chi connectivity index (χ2v) is 6.74. The number of anilines is 1. The fraction of sp³-hybridized carbons (Fsp3) is 0.500. The number of benzene rings is 1. The van der Waals surface area contributed by atoms with E-state index in [4.69, 9.17) is 10.8 Å².